The molecular formula is C23H30N6S. The summed E-state index contributed by atoms with van der Waals surface area (Å²) in [5, 5.41) is 4.22. The average Bonchev–Trinajstić information content (AvgIpc) is 3.15. The quantitative estimate of drug-likeness (QED) is 0.581. The fourth-order valence-corrected chi connectivity index (χ4v) is 4.50. The summed E-state index contributed by atoms with van der Waals surface area (Å²) in [5.41, 5.74) is 2.36. The van der Waals surface area contributed by atoms with E-state index in [0.717, 1.165) is 48.5 Å². The van der Waals surface area contributed by atoms with E-state index in [1.54, 1.807) is 11.3 Å². The number of thiazole rings is 1. The largest absolute Gasteiger partial charge is 0.316 e. The Bertz CT molecular complexity index is 944. The molecule has 1 aliphatic heterocycles. The van der Waals surface area contributed by atoms with Crippen LogP contribution in [-0.2, 0) is 13.0 Å². The number of nitrogens with zero attached hydrogens (tertiary/aromatic N) is 5. The lowest BCUT2D eigenvalue weighted by Gasteiger charge is -2.31. The summed E-state index contributed by atoms with van der Waals surface area (Å²) in [6, 6.07) is 6.23. The Hall–Kier alpha value is -2.38. The molecule has 3 aromatic heterocycles. The number of rotatable bonds is 7. The predicted molar refractivity (Wildman–Crippen MR) is 122 cm³/mol. The van der Waals surface area contributed by atoms with Crippen LogP contribution in [0.2, 0.25) is 0 Å². The van der Waals surface area contributed by atoms with Crippen molar-refractivity contribution < 1.29 is 0 Å². The Morgan fingerprint density at radius 2 is 1.87 bits per heavy atom. The summed E-state index contributed by atoms with van der Waals surface area (Å²) in [6.07, 6.45) is 9.30. The number of aryl methyl sites for hydroxylation is 1. The second-order valence-corrected chi connectivity index (χ2v) is 9.68. The van der Waals surface area contributed by atoms with Crippen LogP contribution < -0.4 is 5.32 Å². The van der Waals surface area contributed by atoms with E-state index < -0.39 is 0 Å². The second-order valence-electron chi connectivity index (χ2n) is 8.44. The monoisotopic (exact) mass is 422 g/mol. The van der Waals surface area contributed by atoms with Crippen LogP contribution in [0.1, 0.15) is 54.6 Å². The zero-order valence-corrected chi connectivity index (χ0v) is 18.8. The Kier molecular flexibility index (Phi) is 6.69. The molecule has 3 aromatic rings. The highest BCUT2D eigenvalue weighted by molar-refractivity contribution is 7.15. The van der Waals surface area contributed by atoms with Gasteiger partial charge in [-0.3, -0.25) is 4.90 Å². The van der Waals surface area contributed by atoms with Gasteiger partial charge in [0.2, 0.25) is 0 Å². The molecule has 1 N–H and O–H groups in total. The van der Waals surface area contributed by atoms with Gasteiger partial charge in [-0.25, -0.2) is 19.9 Å². The first-order valence-corrected chi connectivity index (χ1v) is 11.6. The maximum atomic E-state index is 4.81. The van der Waals surface area contributed by atoms with E-state index in [9.17, 15) is 0 Å². The lowest BCUT2D eigenvalue weighted by molar-refractivity contribution is 0.176. The third-order valence-electron chi connectivity index (χ3n) is 5.52. The molecule has 0 unspecified atom stereocenters. The fraction of sp³-hybridized carbons (Fsp3) is 0.478. The highest BCUT2D eigenvalue weighted by Gasteiger charge is 2.20. The van der Waals surface area contributed by atoms with Gasteiger partial charge in [0.15, 0.2) is 5.13 Å². The van der Waals surface area contributed by atoms with E-state index in [2.05, 4.69) is 58.1 Å². The normalized spacial score (nSPS) is 15.6. The highest BCUT2D eigenvalue weighted by atomic mass is 32.1. The smallest absolute Gasteiger partial charge is 0.188 e. The first-order valence-electron chi connectivity index (χ1n) is 10.7. The van der Waals surface area contributed by atoms with Crippen LogP contribution in [0, 0.1) is 12.8 Å². The van der Waals surface area contributed by atoms with Crippen LogP contribution >= 0.6 is 11.3 Å². The van der Waals surface area contributed by atoms with Crippen molar-refractivity contribution in [2.75, 3.05) is 18.4 Å². The summed E-state index contributed by atoms with van der Waals surface area (Å²) >= 11 is 1.65. The van der Waals surface area contributed by atoms with E-state index in [4.69, 9.17) is 4.98 Å². The maximum absolute atomic E-state index is 4.81. The van der Waals surface area contributed by atoms with Crippen molar-refractivity contribution in [3.63, 3.8) is 0 Å². The first kappa shape index (κ1) is 20.9. The van der Waals surface area contributed by atoms with Gasteiger partial charge in [-0.15, -0.1) is 11.3 Å². The zero-order chi connectivity index (χ0) is 20.9. The van der Waals surface area contributed by atoms with Gasteiger partial charge in [0.05, 0.1) is 0 Å². The molecule has 0 aromatic carbocycles. The van der Waals surface area contributed by atoms with E-state index in [-0.39, 0.29) is 0 Å². The van der Waals surface area contributed by atoms with Crippen molar-refractivity contribution in [3.05, 3.63) is 58.7 Å². The molecule has 0 amide bonds. The Labute approximate surface area is 182 Å². The minimum absolute atomic E-state index is 0.378. The molecule has 6 nitrogen and oxygen atoms in total. The summed E-state index contributed by atoms with van der Waals surface area (Å²) < 4.78 is 0. The van der Waals surface area contributed by atoms with Crippen LogP contribution in [0.25, 0.3) is 0 Å². The lowest BCUT2D eigenvalue weighted by Crippen LogP contribution is -2.34. The summed E-state index contributed by atoms with van der Waals surface area (Å²) in [7, 11) is 0. The van der Waals surface area contributed by atoms with Gasteiger partial charge in [-0.2, -0.15) is 0 Å². The predicted octanol–water partition coefficient (Wildman–Crippen LogP) is 4.96. The molecule has 0 radical (unpaired) electrons. The minimum atomic E-state index is 0.378. The van der Waals surface area contributed by atoms with Gasteiger partial charge < -0.3 is 5.32 Å². The van der Waals surface area contributed by atoms with Crippen molar-refractivity contribution in [1.82, 2.24) is 24.8 Å². The van der Waals surface area contributed by atoms with Gasteiger partial charge in [0.1, 0.15) is 11.6 Å². The van der Waals surface area contributed by atoms with E-state index in [1.807, 2.05) is 24.7 Å². The number of hydrogen-bond donors (Lipinski definition) is 1. The molecule has 0 bridgehead atoms. The molecule has 1 aliphatic rings. The second kappa shape index (κ2) is 9.62. The molecule has 0 atom stereocenters. The number of pyridine rings is 1. The molecule has 4 heterocycles. The van der Waals surface area contributed by atoms with Crippen molar-refractivity contribution in [3.8, 4) is 0 Å². The number of anilines is 2. The fourth-order valence-electron chi connectivity index (χ4n) is 3.83. The van der Waals surface area contributed by atoms with Crippen LogP contribution in [0.15, 0.2) is 36.8 Å². The third-order valence-corrected chi connectivity index (χ3v) is 6.34. The van der Waals surface area contributed by atoms with Crippen molar-refractivity contribution in [2.24, 2.45) is 5.92 Å². The molecule has 1 saturated heterocycles. The number of piperidine rings is 1. The van der Waals surface area contributed by atoms with Crippen LogP contribution in [0.4, 0.5) is 10.9 Å². The van der Waals surface area contributed by atoms with Crippen LogP contribution in [0.5, 0.6) is 0 Å². The standard InChI is InChI=1S/C23H30N6S/c1-16(2)22-24-13-19(14-25-22)15-29-9-7-18(8-10-29)11-20-5-4-6-21(27-20)28-23-26-12-17(3)30-23/h4-6,12-14,16,18H,7-11,15H2,1-3H3,(H,26,27,28). The number of hydrogen-bond acceptors (Lipinski definition) is 7. The minimum Gasteiger partial charge on any atom is -0.316 e. The van der Waals surface area contributed by atoms with E-state index in [1.165, 1.54) is 23.3 Å². The number of likely N-dealkylation sites (tertiary alicyclic amines) is 1. The molecule has 0 aliphatic carbocycles. The topological polar surface area (TPSA) is 66.8 Å². The van der Waals surface area contributed by atoms with Gasteiger partial charge in [0.25, 0.3) is 0 Å². The summed E-state index contributed by atoms with van der Waals surface area (Å²) in [4.78, 5) is 21.9. The first-order chi connectivity index (χ1) is 14.5. The average molecular weight is 423 g/mol. The van der Waals surface area contributed by atoms with Crippen molar-refractivity contribution in [2.45, 2.75) is 52.5 Å². The summed E-state index contributed by atoms with van der Waals surface area (Å²) in [6.45, 7) is 9.49. The molecule has 30 heavy (non-hydrogen) atoms. The highest BCUT2D eigenvalue weighted by Crippen LogP contribution is 2.24. The SMILES string of the molecule is Cc1cnc(Nc2cccc(CC3CCN(Cc4cnc(C(C)C)nc4)CC3)n2)s1. The molecular weight excluding hydrogens is 392 g/mol. The lowest BCUT2D eigenvalue weighted by atomic mass is 9.92. The zero-order valence-electron chi connectivity index (χ0n) is 18.0. The van der Waals surface area contributed by atoms with E-state index >= 15 is 0 Å². The Balaban J connectivity index is 1.27. The van der Waals surface area contributed by atoms with Gasteiger partial charge in [-0.05, 0) is 57.3 Å². The maximum Gasteiger partial charge on any atom is 0.188 e. The van der Waals surface area contributed by atoms with Gasteiger partial charge in [-0.1, -0.05) is 19.9 Å². The van der Waals surface area contributed by atoms with Crippen LogP contribution in [-0.4, -0.2) is 37.9 Å². The molecule has 158 valence electrons. The molecule has 0 spiro atoms. The Morgan fingerprint density at radius 3 is 2.53 bits per heavy atom. The molecule has 1 fully saturated rings. The van der Waals surface area contributed by atoms with Crippen molar-refractivity contribution >= 4 is 22.3 Å². The molecule has 0 saturated carbocycles. The van der Waals surface area contributed by atoms with E-state index in [0.29, 0.717) is 11.8 Å². The number of aromatic nitrogens is 4. The number of nitrogens with one attached hydrogen (secondary N) is 1. The molecule has 4 rings (SSSR count). The van der Waals surface area contributed by atoms with Gasteiger partial charge in [0, 0.05) is 47.2 Å². The summed E-state index contributed by atoms with van der Waals surface area (Å²) in [5.74, 6) is 2.87. The third kappa shape index (κ3) is 5.61. The van der Waals surface area contributed by atoms with Crippen molar-refractivity contribution in [1.29, 1.82) is 0 Å². The molecule has 7 heteroatoms. The van der Waals surface area contributed by atoms with Crippen LogP contribution in [0.3, 0.4) is 0 Å². The van der Waals surface area contributed by atoms with Gasteiger partial charge >= 0.3 is 0 Å². The Morgan fingerprint density at radius 1 is 1.10 bits per heavy atom.